The zero-order valence-corrected chi connectivity index (χ0v) is 15.7. The van der Waals surface area contributed by atoms with Crippen LogP contribution in [-0.4, -0.2) is 69.8 Å². The van der Waals surface area contributed by atoms with E-state index in [1.54, 1.807) is 7.05 Å². The molecule has 0 aliphatic heterocycles. The summed E-state index contributed by atoms with van der Waals surface area (Å²) in [5.41, 5.74) is -0.475. The van der Waals surface area contributed by atoms with Gasteiger partial charge < -0.3 is 23.8 Å². The van der Waals surface area contributed by atoms with Crippen LogP contribution in [0, 0.1) is 5.92 Å². The highest BCUT2D eigenvalue weighted by atomic mass is 16.6. The largest absolute Gasteiger partial charge is 0.444 e. The van der Waals surface area contributed by atoms with E-state index in [1.807, 2.05) is 20.8 Å². The first-order valence-electron chi connectivity index (χ1n) is 8.43. The minimum Gasteiger partial charge on any atom is -0.444 e. The molecule has 23 heavy (non-hydrogen) atoms. The zero-order valence-electron chi connectivity index (χ0n) is 15.7. The number of carbonyl (C=O) groups excluding carboxylic acids is 1. The van der Waals surface area contributed by atoms with Gasteiger partial charge in [0.05, 0.1) is 33.0 Å². The van der Waals surface area contributed by atoms with E-state index in [9.17, 15) is 4.79 Å². The fraction of sp³-hybridized carbons (Fsp3) is 0.941. The van der Waals surface area contributed by atoms with Gasteiger partial charge in [0.25, 0.3) is 0 Å². The van der Waals surface area contributed by atoms with Crippen LogP contribution in [0.25, 0.3) is 0 Å². The van der Waals surface area contributed by atoms with Crippen molar-refractivity contribution in [2.45, 2.75) is 46.6 Å². The molecule has 0 saturated heterocycles. The Kier molecular flexibility index (Phi) is 12.1. The van der Waals surface area contributed by atoms with Crippen LogP contribution < -0.4 is 0 Å². The summed E-state index contributed by atoms with van der Waals surface area (Å²) in [5, 5.41) is 0. The molecule has 6 heteroatoms. The third-order valence-electron chi connectivity index (χ3n) is 3.12. The second kappa shape index (κ2) is 12.6. The maximum atomic E-state index is 11.7. The third kappa shape index (κ3) is 14.5. The van der Waals surface area contributed by atoms with Crippen molar-refractivity contribution in [2.75, 3.05) is 53.2 Å². The summed E-state index contributed by atoms with van der Waals surface area (Å²) in [4.78, 5) is 13.2. The summed E-state index contributed by atoms with van der Waals surface area (Å²) in [5.74, 6) is 0.597. The fourth-order valence-electron chi connectivity index (χ4n) is 1.47. The van der Waals surface area contributed by atoms with Gasteiger partial charge in [-0.2, -0.15) is 0 Å². The smallest absolute Gasteiger partial charge is 0.410 e. The summed E-state index contributed by atoms with van der Waals surface area (Å²) in [7, 11) is 1.70. The van der Waals surface area contributed by atoms with Crippen LogP contribution in [0.5, 0.6) is 0 Å². The van der Waals surface area contributed by atoms with Crippen molar-refractivity contribution < 1.29 is 23.7 Å². The van der Waals surface area contributed by atoms with E-state index in [0.717, 1.165) is 13.0 Å². The van der Waals surface area contributed by atoms with Crippen LogP contribution in [0.15, 0.2) is 0 Å². The molecule has 0 aromatic heterocycles. The van der Waals surface area contributed by atoms with Gasteiger partial charge in [0, 0.05) is 20.2 Å². The highest BCUT2D eigenvalue weighted by molar-refractivity contribution is 5.67. The van der Waals surface area contributed by atoms with Crippen LogP contribution in [0.4, 0.5) is 4.79 Å². The molecule has 6 nitrogen and oxygen atoms in total. The lowest BCUT2D eigenvalue weighted by Gasteiger charge is -2.24. The Bertz CT molecular complexity index is 304. The molecule has 0 rings (SSSR count). The number of hydrogen-bond acceptors (Lipinski definition) is 5. The minimum absolute atomic E-state index is 0.337. The lowest BCUT2D eigenvalue weighted by Crippen LogP contribution is -2.36. The number of likely N-dealkylation sites (N-methyl/N-ethyl adjacent to an activating group) is 1. The lowest BCUT2D eigenvalue weighted by molar-refractivity contribution is 0.00111. The van der Waals surface area contributed by atoms with Gasteiger partial charge >= 0.3 is 6.09 Å². The topological polar surface area (TPSA) is 57.2 Å². The van der Waals surface area contributed by atoms with Crippen molar-refractivity contribution >= 4 is 6.09 Å². The molecule has 0 aliphatic carbocycles. The molecule has 0 saturated carbocycles. The highest BCUT2D eigenvalue weighted by Crippen LogP contribution is 2.08. The fourth-order valence-corrected chi connectivity index (χ4v) is 1.47. The first kappa shape index (κ1) is 22.1. The maximum absolute atomic E-state index is 11.7. The molecular formula is C17H35NO5. The summed E-state index contributed by atoms with van der Waals surface area (Å²) >= 11 is 0. The van der Waals surface area contributed by atoms with E-state index in [1.165, 1.54) is 4.90 Å². The summed E-state index contributed by atoms with van der Waals surface area (Å²) in [6, 6.07) is 0. The molecular weight excluding hydrogens is 298 g/mol. The molecule has 0 aromatic carbocycles. The number of rotatable bonds is 12. The van der Waals surface area contributed by atoms with Crippen molar-refractivity contribution in [3.63, 3.8) is 0 Å². The molecule has 0 N–H and O–H groups in total. The number of carbonyl (C=O) groups is 1. The molecule has 1 atom stereocenters. The van der Waals surface area contributed by atoms with Crippen molar-refractivity contribution in [1.82, 2.24) is 4.90 Å². The highest BCUT2D eigenvalue weighted by Gasteiger charge is 2.19. The van der Waals surface area contributed by atoms with Gasteiger partial charge in [-0.15, -0.1) is 0 Å². The molecule has 1 amide bonds. The van der Waals surface area contributed by atoms with E-state index in [4.69, 9.17) is 18.9 Å². The van der Waals surface area contributed by atoms with Gasteiger partial charge in [-0.3, -0.25) is 0 Å². The standard InChI is InChI=1S/C17H35NO5/c1-7-15(2)14-22-13-12-21-11-10-20-9-8-18(6)16(19)23-17(3,4)5/h15H,7-14H2,1-6H3. The normalized spacial score (nSPS) is 13.0. The van der Waals surface area contributed by atoms with Gasteiger partial charge in [-0.1, -0.05) is 20.3 Å². The third-order valence-corrected chi connectivity index (χ3v) is 3.12. The number of hydrogen-bond donors (Lipinski definition) is 0. The summed E-state index contributed by atoms with van der Waals surface area (Å²) in [6.45, 7) is 13.8. The molecule has 0 radical (unpaired) electrons. The minimum atomic E-state index is -0.475. The SMILES string of the molecule is CCC(C)COCCOCCOCCN(C)C(=O)OC(C)(C)C. The molecule has 0 fully saturated rings. The quantitative estimate of drug-likeness (QED) is 0.514. The van der Waals surface area contributed by atoms with Crippen LogP contribution >= 0.6 is 0 Å². The first-order chi connectivity index (χ1) is 10.8. The second-order valence-electron chi connectivity index (χ2n) is 6.71. The van der Waals surface area contributed by atoms with Crippen LogP contribution in [0.1, 0.15) is 41.0 Å². The Morgan fingerprint density at radius 3 is 2.04 bits per heavy atom. The van der Waals surface area contributed by atoms with E-state index in [-0.39, 0.29) is 6.09 Å². The van der Waals surface area contributed by atoms with E-state index in [2.05, 4.69) is 13.8 Å². The monoisotopic (exact) mass is 333 g/mol. The van der Waals surface area contributed by atoms with Crippen molar-refractivity contribution in [3.05, 3.63) is 0 Å². The van der Waals surface area contributed by atoms with Gasteiger partial charge in [-0.05, 0) is 26.7 Å². The zero-order chi connectivity index (χ0) is 17.7. The van der Waals surface area contributed by atoms with Crippen LogP contribution in [0.3, 0.4) is 0 Å². The number of amides is 1. The number of nitrogens with zero attached hydrogens (tertiary/aromatic N) is 1. The Hall–Kier alpha value is -0.850. The Morgan fingerprint density at radius 2 is 1.52 bits per heavy atom. The van der Waals surface area contributed by atoms with Crippen LogP contribution in [-0.2, 0) is 18.9 Å². The van der Waals surface area contributed by atoms with E-state index >= 15 is 0 Å². The van der Waals surface area contributed by atoms with Gasteiger partial charge in [-0.25, -0.2) is 4.79 Å². The molecule has 138 valence electrons. The average Bonchev–Trinajstić information content (AvgIpc) is 2.46. The van der Waals surface area contributed by atoms with Crippen molar-refractivity contribution in [1.29, 1.82) is 0 Å². The number of ether oxygens (including phenoxy) is 4. The predicted octanol–water partition coefficient (Wildman–Crippen LogP) is 2.95. The maximum Gasteiger partial charge on any atom is 0.410 e. The molecule has 1 unspecified atom stereocenters. The van der Waals surface area contributed by atoms with Crippen molar-refractivity contribution in [3.8, 4) is 0 Å². The van der Waals surface area contributed by atoms with Gasteiger partial charge in [0.15, 0.2) is 0 Å². The molecule has 0 aromatic rings. The van der Waals surface area contributed by atoms with Crippen molar-refractivity contribution in [2.24, 2.45) is 5.92 Å². The van der Waals surface area contributed by atoms with E-state index < -0.39 is 5.60 Å². The molecule has 0 aliphatic rings. The molecule has 0 spiro atoms. The first-order valence-corrected chi connectivity index (χ1v) is 8.43. The Morgan fingerprint density at radius 1 is 1.00 bits per heavy atom. The molecule has 0 bridgehead atoms. The van der Waals surface area contributed by atoms with Gasteiger partial charge in [0.1, 0.15) is 5.60 Å². The summed E-state index contributed by atoms with van der Waals surface area (Å²) < 4.78 is 21.6. The predicted molar refractivity (Wildman–Crippen MR) is 90.8 cm³/mol. The second-order valence-corrected chi connectivity index (χ2v) is 6.71. The van der Waals surface area contributed by atoms with Crippen LogP contribution in [0.2, 0.25) is 0 Å². The summed E-state index contributed by atoms with van der Waals surface area (Å²) in [6.07, 6.45) is 0.794. The van der Waals surface area contributed by atoms with Gasteiger partial charge in [0.2, 0.25) is 0 Å². The Balaban J connectivity index is 3.40. The average molecular weight is 333 g/mol. The molecule has 0 heterocycles. The lowest BCUT2D eigenvalue weighted by atomic mass is 10.1. The van der Waals surface area contributed by atoms with E-state index in [0.29, 0.717) is 45.5 Å². The Labute approximate surface area is 141 Å².